The highest BCUT2D eigenvalue weighted by atomic mass is 16.5. The Labute approximate surface area is 149 Å². The summed E-state index contributed by atoms with van der Waals surface area (Å²) in [5.41, 5.74) is 2.71. The third-order valence-corrected chi connectivity index (χ3v) is 3.69. The molecule has 0 saturated carbocycles. The Morgan fingerprint density at radius 2 is 1.76 bits per heavy atom. The number of nitrogens with zero attached hydrogens (tertiary/aromatic N) is 1. The van der Waals surface area contributed by atoms with Gasteiger partial charge in [-0.3, -0.25) is 4.79 Å². The highest BCUT2D eigenvalue weighted by Crippen LogP contribution is 2.29. The van der Waals surface area contributed by atoms with Crippen molar-refractivity contribution in [2.24, 2.45) is 0 Å². The summed E-state index contributed by atoms with van der Waals surface area (Å²) in [5, 5.41) is 2.93. The van der Waals surface area contributed by atoms with Crippen molar-refractivity contribution in [2.75, 3.05) is 26.1 Å². The third kappa shape index (κ3) is 5.14. The van der Waals surface area contributed by atoms with E-state index in [-0.39, 0.29) is 12.0 Å². The molecule has 0 radical (unpaired) electrons. The van der Waals surface area contributed by atoms with Crippen molar-refractivity contribution in [3.05, 3.63) is 53.6 Å². The smallest absolute Gasteiger partial charge is 0.251 e. The maximum Gasteiger partial charge on any atom is 0.251 e. The van der Waals surface area contributed by atoms with Gasteiger partial charge in [-0.15, -0.1) is 0 Å². The fourth-order valence-electron chi connectivity index (χ4n) is 2.36. The number of methoxy groups -OCH3 is 1. The zero-order valence-electron chi connectivity index (χ0n) is 15.5. The van der Waals surface area contributed by atoms with Gasteiger partial charge < -0.3 is 19.7 Å². The van der Waals surface area contributed by atoms with Crippen LogP contribution in [0.15, 0.2) is 42.5 Å². The van der Waals surface area contributed by atoms with Gasteiger partial charge in [-0.1, -0.05) is 12.1 Å². The lowest BCUT2D eigenvalue weighted by atomic mass is 10.1. The summed E-state index contributed by atoms with van der Waals surface area (Å²) < 4.78 is 11.0. The molecule has 2 aromatic carbocycles. The SMILES string of the molecule is COc1cc(C(=O)NCc2ccc(N(C)C)cc2)ccc1OC(C)C. The predicted molar refractivity (Wildman–Crippen MR) is 101 cm³/mol. The Hall–Kier alpha value is -2.69. The number of hydrogen-bond donors (Lipinski definition) is 1. The molecule has 0 spiro atoms. The first kappa shape index (κ1) is 18.6. The molecule has 25 heavy (non-hydrogen) atoms. The van der Waals surface area contributed by atoms with Gasteiger partial charge in [-0.25, -0.2) is 0 Å². The van der Waals surface area contributed by atoms with E-state index in [0.717, 1.165) is 11.3 Å². The highest BCUT2D eigenvalue weighted by molar-refractivity contribution is 5.94. The first-order valence-electron chi connectivity index (χ1n) is 8.30. The fraction of sp³-hybridized carbons (Fsp3) is 0.350. The average molecular weight is 342 g/mol. The van der Waals surface area contributed by atoms with Crippen molar-refractivity contribution in [3.63, 3.8) is 0 Å². The molecule has 0 atom stereocenters. The maximum absolute atomic E-state index is 12.4. The summed E-state index contributed by atoms with van der Waals surface area (Å²) in [7, 11) is 5.56. The molecular formula is C20H26N2O3. The molecule has 2 rings (SSSR count). The maximum atomic E-state index is 12.4. The standard InChI is InChI=1S/C20H26N2O3/c1-14(2)25-18-11-8-16(12-19(18)24-5)20(23)21-13-15-6-9-17(10-7-15)22(3)4/h6-12,14H,13H2,1-5H3,(H,21,23). The predicted octanol–water partition coefficient (Wildman–Crippen LogP) is 3.48. The normalized spacial score (nSPS) is 10.5. The molecular weight excluding hydrogens is 316 g/mol. The lowest BCUT2D eigenvalue weighted by molar-refractivity contribution is 0.0950. The van der Waals surface area contributed by atoms with Crippen LogP contribution in [0.1, 0.15) is 29.8 Å². The van der Waals surface area contributed by atoms with E-state index < -0.39 is 0 Å². The van der Waals surface area contributed by atoms with Crippen LogP contribution >= 0.6 is 0 Å². The van der Waals surface area contributed by atoms with Gasteiger partial charge in [0, 0.05) is 31.9 Å². The van der Waals surface area contributed by atoms with Crippen LogP contribution in [0.5, 0.6) is 11.5 Å². The molecule has 1 N–H and O–H groups in total. The molecule has 5 heteroatoms. The number of hydrogen-bond acceptors (Lipinski definition) is 4. The van der Waals surface area contributed by atoms with Crippen molar-refractivity contribution in [1.82, 2.24) is 5.32 Å². The van der Waals surface area contributed by atoms with Gasteiger partial charge in [0.2, 0.25) is 0 Å². The Morgan fingerprint density at radius 1 is 1.08 bits per heavy atom. The van der Waals surface area contributed by atoms with Crippen molar-refractivity contribution in [1.29, 1.82) is 0 Å². The first-order valence-corrected chi connectivity index (χ1v) is 8.30. The zero-order valence-corrected chi connectivity index (χ0v) is 15.5. The molecule has 0 fully saturated rings. The van der Waals surface area contributed by atoms with E-state index in [1.54, 1.807) is 25.3 Å². The fourth-order valence-corrected chi connectivity index (χ4v) is 2.36. The average Bonchev–Trinajstić information content (AvgIpc) is 2.59. The second kappa shape index (κ2) is 8.42. The number of amides is 1. The van der Waals surface area contributed by atoms with Gasteiger partial charge in [-0.05, 0) is 49.7 Å². The molecule has 0 saturated heterocycles. The number of benzene rings is 2. The van der Waals surface area contributed by atoms with Crippen LogP contribution in [-0.2, 0) is 6.54 Å². The number of anilines is 1. The van der Waals surface area contributed by atoms with Crippen LogP contribution < -0.4 is 19.7 Å². The molecule has 1 amide bonds. The molecule has 0 aromatic heterocycles. The molecule has 2 aromatic rings. The van der Waals surface area contributed by atoms with Crippen LogP contribution in [0, 0.1) is 0 Å². The molecule has 0 bridgehead atoms. The van der Waals surface area contributed by atoms with Crippen LogP contribution in [0.3, 0.4) is 0 Å². The lowest BCUT2D eigenvalue weighted by Gasteiger charge is -2.15. The Bertz CT molecular complexity index is 709. The summed E-state index contributed by atoms with van der Waals surface area (Å²) in [5.74, 6) is 1.04. The quantitative estimate of drug-likeness (QED) is 0.837. The molecule has 5 nitrogen and oxygen atoms in total. The van der Waals surface area contributed by atoms with Crippen molar-refractivity contribution < 1.29 is 14.3 Å². The van der Waals surface area contributed by atoms with Crippen LogP contribution in [0.4, 0.5) is 5.69 Å². The second-order valence-electron chi connectivity index (χ2n) is 6.28. The minimum atomic E-state index is -0.147. The van der Waals surface area contributed by atoms with Gasteiger partial charge >= 0.3 is 0 Å². The molecule has 0 aliphatic rings. The van der Waals surface area contributed by atoms with Crippen molar-refractivity contribution in [3.8, 4) is 11.5 Å². The van der Waals surface area contributed by atoms with E-state index in [1.807, 2.05) is 57.1 Å². The minimum Gasteiger partial charge on any atom is -0.493 e. The zero-order chi connectivity index (χ0) is 18.4. The first-order chi connectivity index (χ1) is 11.9. The van der Waals surface area contributed by atoms with Crippen LogP contribution in [0.2, 0.25) is 0 Å². The summed E-state index contributed by atoms with van der Waals surface area (Å²) in [4.78, 5) is 14.4. The monoisotopic (exact) mass is 342 g/mol. The van der Waals surface area contributed by atoms with E-state index >= 15 is 0 Å². The van der Waals surface area contributed by atoms with Crippen LogP contribution in [-0.4, -0.2) is 33.2 Å². The molecule has 0 aliphatic carbocycles. The van der Waals surface area contributed by atoms with E-state index in [1.165, 1.54) is 0 Å². The van der Waals surface area contributed by atoms with Gasteiger partial charge in [0.15, 0.2) is 11.5 Å². The van der Waals surface area contributed by atoms with Gasteiger partial charge in [-0.2, -0.15) is 0 Å². The topological polar surface area (TPSA) is 50.8 Å². The van der Waals surface area contributed by atoms with E-state index in [2.05, 4.69) is 5.32 Å². The number of carbonyl (C=O) groups is 1. The van der Waals surface area contributed by atoms with Gasteiger partial charge in [0.05, 0.1) is 13.2 Å². The van der Waals surface area contributed by atoms with E-state index in [0.29, 0.717) is 23.6 Å². The van der Waals surface area contributed by atoms with Gasteiger partial charge in [0.25, 0.3) is 5.91 Å². The van der Waals surface area contributed by atoms with E-state index in [4.69, 9.17) is 9.47 Å². The van der Waals surface area contributed by atoms with Crippen molar-refractivity contribution in [2.45, 2.75) is 26.5 Å². The number of ether oxygens (including phenoxy) is 2. The lowest BCUT2D eigenvalue weighted by Crippen LogP contribution is -2.23. The van der Waals surface area contributed by atoms with Crippen molar-refractivity contribution >= 4 is 11.6 Å². The molecule has 0 aliphatic heterocycles. The number of nitrogens with one attached hydrogen (secondary N) is 1. The Balaban J connectivity index is 2.02. The summed E-state index contributed by atoms with van der Waals surface area (Å²) in [6.07, 6.45) is 0.0405. The largest absolute Gasteiger partial charge is 0.493 e. The van der Waals surface area contributed by atoms with Crippen LogP contribution in [0.25, 0.3) is 0 Å². The number of carbonyl (C=O) groups excluding carboxylic acids is 1. The minimum absolute atomic E-state index is 0.0405. The molecule has 0 heterocycles. The number of rotatable bonds is 7. The Morgan fingerprint density at radius 3 is 2.32 bits per heavy atom. The third-order valence-electron chi connectivity index (χ3n) is 3.69. The van der Waals surface area contributed by atoms with Gasteiger partial charge in [0.1, 0.15) is 0 Å². The van der Waals surface area contributed by atoms with E-state index in [9.17, 15) is 4.79 Å². The summed E-state index contributed by atoms with van der Waals surface area (Å²) >= 11 is 0. The summed E-state index contributed by atoms with van der Waals surface area (Å²) in [6.45, 7) is 4.36. The molecule has 134 valence electrons. The highest BCUT2D eigenvalue weighted by Gasteiger charge is 2.12. The molecule has 0 unspecified atom stereocenters. The summed E-state index contributed by atoms with van der Waals surface area (Å²) in [6, 6.07) is 13.3. The Kier molecular flexibility index (Phi) is 6.28. The second-order valence-corrected chi connectivity index (χ2v) is 6.28.